The van der Waals surface area contributed by atoms with Gasteiger partial charge in [0.1, 0.15) is 17.1 Å². The summed E-state index contributed by atoms with van der Waals surface area (Å²) in [5.41, 5.74) is -0.624. The van der Waals surface area contributed by atoms with Gasteiger partial charge in [-0.05, 0) is 19.1 Å². The van der Waals surface area contributed by atoms with E-state index in [-0.39, 0.29) is 23.5 Å². The molecule has 0 amide bonds. The molecule has 5 heteroatoms. The third-order valence-corrected chi connectivity index (χ3v) is 2.40. The number of Topliss-reactive ketones (excluding diaryl/α,β-unsaturated/α-hetero) is 1. The number of aromatic nitrogens is 1. The molecule has 18 heavy (non-hydrogen) atoms. The quantitative estimate of drug-likeness (QED) is 0.828. The van der Waals surface area contributed by atoms with Crippen LogP contribution in [0.3, 0.4) is 0 Å². The van der Waals surface area contributed by atoms with Crippen molar-refractivity contribution in [2.24, 2.45) is 0 Å². The molecule has 0 aliphatic rings. The molecule has 92 valence electrons. The number of carbonyl (C=O) groups excluding carboxylic acids is 1. The number of rotatable bonds is 3. The van der Waals surface area contributed by atoms with Crippen LogP contribution in [0.4, 0.5) is 0 Å². The predicted octanol–water partition coefficient (Wildman–Crippen LogP) is 1.47. The number of carbonyl (C=O) groups is 1. The van der Waals surface area contributed by atoms with Gasteiger partial charge in [0.2, 0.25) is 0 Å². The number of pyridine rings is 1. The average molecular weight is 245 g/mol. The van der Waals surface area contributed by atoms with Crippen LogP contribution in [-0.2, 0) is 6.42 Å². The van der Waals surface area contributed by atoms with Crippen molar-refractivity contribution >= 4 is 5.78 Å². The van der Waals surface area contributed by atoms with Gasteiger partial charge in [0.25, 0.3) is 0 Å². The summed E-state index contributed by atoms with van der Waals surface area (Å²) in [6.07, 6.45) is 1.50. The van der Waals surface area contributed by atoms with Gasteiger partial charge in [-0.15, -0.1) is 0 Å². The lowest BCUT2D eigenvalue weighted by atomic mass is 10.1. The molecule has 0 aromatic carbocycles. The Bertz CT molecular complexity index is 631. The number of hydrogen-bond donors (Lipinski definition) is 1. The van der Waals surface area contributed by atoms with Crippen LogP contribution >= 0.6 is 0 Å². The summed E-state index contributed by atoms with van der Waals surface area (Å²) >= 11 is 0. The highest BCUT2D eigenvalue weighted by atomic mass is 16.4. The Hall–Kier alpha value is -2.43. The lowest BCUT2D eigenvalue weighted by molar-refractivity contribution is 0.0985. The minimum Gasteiger partial charge on any atom is -0.507 e. The summed E-state index contributed by atoms with van der Waals surface area (Å²) in [5, 5.41) is 9.62. The van der Waals surface area contributed by atoms with Gasteiger partial charge in [-0.3, -0.25) is 9.78 Å². The molecule has 0 spiro atoms. The van der Waals surface area contributed by atoms with Crippen LogP contribution in [0.5, 0.6) is 5.75 Å². The van der Waals surface area contributed by atoms with Crippen molar-refractivity contribution in [3.8, 4) is 5.75 Å². The van der Waals surface area contributed by atoms with E-state index in [2.05, 4.69) is 4.98 Å². The van der Waals surface area contributed by atoms with Crippen molar-refractivity contribution in [2.45, 2.75) is 13.3 Å². The molecule has 0 saturated heterocycles. The Morgan fingerprint density at radius 1 is 1.44 bits per heavy atom. The Balaban J connectivity index is 2.33. The summed E-state index contributed by atoms with van der Waals surface area (Å²) in [4.78, 5) is 27.4. The van der Waals surface area contributed by atoms with Gasteiger partial charge in [0, 0.05) is 18.0 Å². The van der Waals surface area contributed by atoms with Crippen molar-refractivity contribution in [2.75, 3.05) is 0 Å². The molecule has 0 radical (unpaired) electrons. The minimum atomic E-state index is -0.826. The molecule has 0 unspecified atom stereocenters. The van der Waals surface area contributed by atoms with E-state index >= 15 is 0 Å². The van der Waals surface area contributed by atoms with Gasteiger partial charge in [0.15, 0.2) is 5.78 Å². The minimum absolute atomic E-state index is 0.0534. The molecule has 2 aromatic heterocycles. The Kier molecular flexibility index (Phi) is 3.23. The number of aryl methyl sites for hydroxylation is 1. The van der Waals surface area contributed by atoms with Crippen LogP contribution in [0.25, 0.3) is 0 Å². The highest BCUT2D eigenvalue weighted by Crippen LogP contribution is 2.16. The maximum atomic E-state index is 11.9. The largest absolute Gasteiger partial charge is 0.507 e. The molecule has 1 N–H and O–H groups in total. The van der Waals surface area contributed by atoms with E-state index in [9.17, 15) is 14.7 Å². The molecule has 2 aromatic rings. The van der Waals surface area contributed by atoms with Crippen molar-refractivity contribution in [3.63, 3.8) is 0 Å². The zero-order valence-corrected chi connectivity index (χ0v) is 9.71. The highest BCUT2D eigenvalue weighted by molar-refractivity contribution is 5.99. The van der Waals surface area contributed by atoms with Crippen LogP contribution in [0.15, 0.2) is 39.7 Å². The summed E-state index contributed by atoms with van der Waals surface area (Å²) in [6, 6.07) is 6.39. The van der Waals surface area contributed by atoms with Gasteiger partial charge in [-0.1, -0.05) is 6.07 Å². The first-order valence-electron chi connectivity index (χ1n) is 5.35. The fourth-order valence-corrected chi connectivity index (χ4v) is 1.61. The Labute approximate surface area is 103 Å². The van der Waals surface area contributed by atoms with Crippen LogP contribution in [0.2, 0.25) is 0 Å². The third kappa shape index (κ3) is 2.45. The van der Waals surface area contributed by atoms with E-state index in [4.69, 9.17) is 4.42 Å². The zero-order chi connectivity index (χ0) is 13.1. The van der Waals surface area contributed by atoms with E-state index in [0.29, 0.717) is 5.69 Å². The second-order valence-electron chi connectivity index (χ2n) is 3.83. The normalized spacial score (nSPS) is 10.3. The number of hydrogen-bond acceptors (Lipinski definition) is 5. The topological polar surface area (TPSA) is 80.4 Å². The SMILES string of the molecule is Cc1cc(O)c(C(=O)Cc2ccccn2)c(=O)o1. The zero-order valence-electron chi connectivity index (χ0n) is 9.71. The first-order chi connectivity index (χ1) is 8.58. The molecule has 0 fully saturated rings. The second kappa shape index (κ2) is 4.83. The summed E-state index contributed by atoms with van der Waals surface area (Å²) in [5.74, 6) is -0.614. The van der Waals surface area contributed by atoms with E-state index in [1.807, 2.05) is 0 Å². The van der Waals surface area contributed by atoms with Crippen LogP contribution in [-0.4, -0.2) is 15.9 Å². The van der Waals surface area contributed by atoms with Gasteiger partial charge >= 0.3 is 5.63 Å². The van der Waals surface area contributed by atoms with Crippen molar-refractivity contribution in [1.29, 1.82) is 0 Å². The van der Waals surface area contributed by atoms with Crippen molar-refractivity contribution in [1.82, 2.24) is 4.98 Å². The maximum absolute atomic E-state index is 11.9. The van der Waals surface area contributed by atoms with Gasteiger partial charge in [-0.2, -0.15) is 0 Å². The van der Waals surface area contributed by atoms with E-state index in [1.165, 1.54) is 13.0 Å². The lowest BCUT2D eigenvalue weighted by Gasteiger charge is -2.02. The second-order valence-corrected chi connectivity index (χ2v) is 3.83. The average Bonchev–Trinajstić information content (AvgIpc) is 2.28. The Morgan fingerprint density at radius 2 is 2.22 bits per heavy atom. The molecule has 0 aliphatic carbocycles. The van der Waals surface area contributed by atoms with Crippen LogP contribution < -0.4 is 5.63 Å². The molecular formula is C13H11NO4. The highest BCUT2D eigenvalue weighted by Gasteiger charge is 2.18. The van der Waals surface area contributed by atoms with Crippen LogP contribution in [0, 0.1) is 6.92 Å². The molecule has 0 saturated carbocycles. The standard InChI is InChI=1S/C13H11NO4/c1-8-6-10(15)12(13(17)18-8)11(16)7-9-4-2-3-5-14-9/h2-6,15H,7H2,1H3. The van der Waals surface area contributed by atoms with E-state index in [1.54, 1.807) is 24.4 Å². The van der Waals surface area contributed by atoms with Gasteiger partial charge in [-0.25, -0.2) is 4.79 Å². The molecule has 2 rings (SSSR count). The molecule has 0 aliphatic heterocycles. The number of ketones is 1. The number of aromatic hydroxyl groups is 1. The smallest absolute Gasteiger partial charge is 0.350 e. The lowest BCUT2D eigenvalue weighted by Crippen LogP contribution is -2.16. The van der Waals surface area contributed by atoms with Crippen molar-refractivity contribution < 1.29 is 14.3 Å². The fraction of sp³-hybridized carbons (Fsp3) is 0.154. The first kappa shape index (κ1) is 12.0. The monoisotopic (exact) mass is 245 g/mol. The summed E-state index contributed by atoms with van der Waals surface area (Å²) < 4.78 is 4.79. The van der Waals surface area contributed by atoms with E-state index < -0.39 is 11.4 Å². The Morgan fingerprint density at radius 3 is 2.83 bits per heavy atom. The number of nitrogens with zero attached hydrogens (tertiary/aromatic N) is 1. The third-order valence-electron chi connectivity index (χ3n) is 2.40. The van der Waals surface area contributed by atoms with Crippen LogP contribution in [0.1, 0.15) is 21.8 Å². The predicted molar refractivity (Wildman–Crippen MR) is 63.7 cm³/mol. The summed E-state index contributed by atoms with van der Waals surface area (Å²) in [6.45, 7) is 1.52. The maximum Gasteiger partial charge on any atom is 0.350 e. The molecule has 0 bridgehead atoms. The van der Waals surface area contributed by atoms with Crippen molar-refractivity contribution in [3.05, 3.63) is 57.9 Å². The van der Waals surface area contributed by atoms with Gasteiger partial charge < -0.3 is 9.52 Å². The molecule has 5 nitrogen and oxygen atoms in total. The van der Waals surface area contributed by atoms with Gasteiger partial charge in [0.05, 0.1) is 6.42 Å². The first-order valence-corrected chi connectivity index (χ1v) is 5.35. The molecule has 0 atom stereocenters. The molecule has 2 heterocycles. The van der Waals surface area contributed by atoms with E-state index in [0.717, 1.165) is 0 Å². The fourth-order valence-electron chi connectivity index (χ4n) is 1.61. The summed E-state index contributed by atoms with van der Waals surface area (Å²) in [7, 11) is 0. The molecular weight excluding hydrogens is 234 g/mol.